The fourth-order valence-electron chi connectivity index (χ4n) is 4.78. The average Bonchev–Trinajstić information content (AvgIpc) is 2.91. The van der Waals surface area contributed by atoms with Gasteiger partial charge in [-0.15, -0.1) is 0 Å². The molecule has 3 aromatic rings. The van der Waals surface area contributed by atoms with Crippen LogP contribution in [-0.4, -0.2) is 60.9 Å². The molecule has 0 bridgehead atoms. The smallest absolute Gasteiger partial charge is 0.322 e. The Morgan fingerprint density at radius 1 is 1.08 bits per heavy atom. The number of hydrogen-bond acceptors (Lipinski definition) is 6. The molecule has 1 fully saturated rings. The zero-order valence-corrected chi connectivity index (χ0v) is 21.2. The van der Waals surface area contributed by atoms with Crippen molar-refractivity contribution in [1.29, 1.82) is 0 Å². The molecule has 0 spiro atoms. The predicted molar refractivity (Wildman–Crippen MR) is 140 cm³/mol. The highest BCUT2D eigenvalue weighted by molar-refractivity contribution is 5.90. The molecule has 8 nitrogen and oxygen atoms in total. The van der Waals surface area contributed by atoms with Crippen LogP contribution in [0.1, 0.15) is 33.8 Å². The maximum Gasteiger partial charge on any atom is 0.322 e. The summed E-state index contributed by atoms with van der Waals surface area (Å²) in [5, 5.41) is 3.11. The molecule has 0 aliphatic carbocycles. The highest BCUT2D eigenvalue weighted by Gasteiger charge is 2.28. The quantitative estimate of drug-likeness (QED) is 0.583. The molecule has 188 valence electrons. The zero-order chi connectivity index (χ0) is 25.1. The molecule has 36 heavy (non-hydrogen) atoms. The first-order valence-corrected chi connectivity index (χ1v) is 12.5. The topological polar surface area (TPSA) is 79.8 Å². The molecule has 1 aromatic heterocycles. The van der Waals surface area contributed by atoms with E-state index in [9.17, 15) is 4.79 Å². The molecule has 2 amide bonds. The SMILES string of the molecule is COc1cccc(Cc2nc3c(c(N4CCOCC4)n2)CN(C(=O)Nc2cccc(C)c2C)CC3)c1. The summed E-state index contributed by atoms with van der Waals surface area (Å²) >= 11 is 0. The molecule has 1 saturated heterocycles. The maximum atomic E-state index is 13.2. The number of aryl methyl sites for hydroxylation is 1. The van der Waals surface area contributed by atoms with Crippen LogP contribution >= 0.6 is 0 Å². The first-order valence-electron chi connectivity index (χ1n) is 12.5. The van der Waals surface area contributed by atoms with E-state index in [1.807, 2.05) is 42.2 Å². The lowest BCUT2D eigenvalue weighted by atomic mass is 10.0. The largest absolute Gasteiger partial charge is 0.497 e. The van der Waals surface area contributed by atoms with Gasteiger partial charge in [0.1, 0.15) is 17.4 Å². The minimum absolute atomic E-state index is 0.0947. The molecule has 8 heteroatoms. The number of hydrogen-bond donors (Lipinski definition) is 1. The van der Waals surface area contributed by atoms with Crippen LogP contribution in [0, 0.1) is 13.8 Å². The number of methoxy groups -OCH3 is 1. The van der Waals surface area contributed by atoms with Crippen molar-refractivity contribution in [3.05, 3.63) is 76.2 Å². The minimum atomic E-state index is -0.0947. The Labute approximate surface area is 212 Å². The summed E-state index contributed by atoms with van der Waals surface area (Å²) in [6.07, 6.45) is 1.32. The molecule has 2 aliphatic heterocycles. The Hall–Kier alpha value is -3.65. The number of rotatable bonds is 5. The number of fused-ring (bicyclic) bond motifs is 1. The Balaban J connectivity index is 1.42. The number of ether oxygens (including phenoxy) is 2. The molecular formula is C28H33N5O3. The van der Waals surface area contributed by atoms with Gasteiger partial charge in [0.15, 0.2) is 0 Å². The molecule has 3 heterocycles. The number of anilines is 2. The molecule has 0 radical (unpaired) electrons. The normalized spacial score (nSPS) is 15.4. The van der Waals surface area contributed by atoms with E-state index < -0.39 is 0 Å². The summed E-state index contributed by atoms with van der Waals surface area (Å²) < 4.78 is 11.0. The molecule has 0 unspecified atom stereocenters. The van der Waals surface area contributed by atoms with Crippen LogP contribution in [0.25, 0.3) is 0 Å². The number of aromatic nitrogens is 2. The highest BCUT2D eigenvalue weighted by atomic mass is 16.5. The van der Waals surface area contributed by atoms with E-state index in [0.717, 1.165) is 64.1 Å². The highest BCUT2D eigenvalue weighted by Crippen LogP contribution is 2.29. The lowest BCUT2D eigenvalue weighted by Crippen LogP contribution is -2.42. The number of nitrogens with zero attached hydrogens (tertiary/aromatic N) is 4. The molecule has 2 aliphatic rings. The van der Waals surface area contributed by atoms with E-state index in [1.54, 1.807) is 7.11 Å². The van der Waals surface area contributed by atoms with E-state index in [2.05, 4.69) is 29.3 Å². The van der Waals surface area contributed by atoms with Crippen LogP contribution in [0.4, 0.5) is 16.3 Å². The fraction of sp³-hybridized carbons (Fsp3) is 0.393. The Morgan fingerprint density at radius 3 is 2.69 bits per heavy atom. The number of urea groups is 1. The lowest BCUT2D eigenvalue weighted by molar-refractivity contribution is 0.122. The van der Waals surface area contributed by atoms with E-state index >= 15 is 0 Å². The summed E-state index contributed by atoms with van der Waals surface area (Å²) in [5.74, 6) is 2.53. The molecule has 1 N–H and O–H groups in total. The molecule has 0 saturated carbocycles. The number of amides is 2. The zero-order valence-electron chi connectivity index (χ0n) is 21.2. The molecule has 5 rings (SSSR count). The Morgan fingerprint density at radius 2 is 1.89 bits per heavy atom. The standard InChI is InChI=1S/C28H33N5O3/c1-19-6-4-9-24(20(19)2)30-28(34)33-11-10-25-23(18-33)27(32-12-14-36-15-13-32)31-26(29-25)17-21-7-5-8-22(16-21)35-3/h4-9,16H,10-15,17-18H2,1-3H3,(H,30,34). The third kappa shape index (κ3) is 5.14. The number of carbonyl (C=O) groups is 1. The number of nitrogens with one attached hydrogen (secondary N) is 1. The van der Waals surface area contributed by atoms with Gasteiger partial charge >= 0.3 is 6.03 Å². The van der Waals surface area contributed by atoms with Crippen molar-refractivity contribution in [2.45, 2.75) is 33.2 Å². The van der Waals surface area contributed by atoms with Crippen LogP contribution < -0.4 is 15.0 Å². The van der Waals surface area contributed by atoms with Gasteiger partial charge < -0.3 is 24.6 Å². The molecule has 2 aromatic carbocycles. The minimum Gasteiger partial charge on any atom is -0.497 e. The average molecular weight is 488 g/mol. The summed E-state index contributed by atoms with van der Waals surface area (Å²) in [6.45, 7) is 8.07. The van der Waals surface area contributed by atoms with E-state index in [0.29, 0.717) is 39.1 Å². The van der Waals surface area contributed by atoms with Gasteiger partial charge in [-0.2, -0.15) is 0 Å². The fourth-order valence-corrected chi connectivity index (χ4v) is 4.78. The van der Waals surface area contributed by atoms with Crippen molar-refractivity contribution in [2.75, 3.05) is 50.2 Å². The van der Waals surface area contributed by atoms with E-state index in [1.165, 1.54) is 0 Å². The van der Waals surface area contributed by atoms with Crippen LogP contribution in [0.3, 0.4) is 0 Å². The summed E-state index contributed by atoms with van der Waals surface area (Å²) in [7, 11) is 1.67. The van der Waals surface area contributed by atoms with Gasteiger partial charge in [-0.05, 0) is 48.7 Å². The summed E-state index contributed by atoms with van der Waals surface area (Å²) in [5.41, 5.74) is 6.26. The second-order valence-corrected chi connectivity index (χ2v) is 9.37. The number of benzene rings is 2. The third-order valence-electron chi connectivity index (χ3n) is 7.03. The van der Waals surface area contributed by atoms with Crippen molar-refractivity contribution >= 4 is 17.5 Å². The Bertz CT molecular complexity index is 1260. The van der Waals surface area contributed by atoms with Crippen LogP contribution in [0.5, 0.6) is 5.75 Å². The second-order valence-electron chi connectivity index (χ2n) is 9.37. The first-order chi connectivity index (χ1) is 17.5. The monoisotopic (exact) mass is 487 g/mol. The van der Waals surface area contributed by atoms with Gasteiger partial charge in [-0.3, -0.25) is 0 Å². The van der Waals surface area contributed by atoms with Gasteiger partial charge in [-0.25, -0.2) is 14.8 Å². The van der Waals surface area contributed by atoms with Crippen molar-refractivity contribution in [3.8, 4) is 5.75 Å². The van der Waals surface area contributed by atoms with Gasteiger partial charge in [0.25, 0.3) is 0 Å². The van der Waals surface area contributed by atoms with Crippen molar-refractivity contribution in [3.63, 3.8) is 0 Å². The van der Waals surface area contributed by atoms with Crippen molar-refractivity contribution in [2.24, 2.45) is 0 Å². The van der Waals surface area contributed by atoms with Crippen LogP contribution in [0.15, 0.2) is 42.5 Å². The van der Waals surface area contributed by atoms with Crippen molar-refractivity contribution < 1.29 is 14.3 Å². The first kappa shape index (κ1) is 24.1. The summed E-state index contributed by atoms with van der Waals surface area (Å²) in [6, 6.07) is 13.9. The lowest BCUT2D eigenvalue weighted by Gasteiger charge is -2.34. The predicted octanol–water partition coefficient (Wildman–Crippen LogP) is 4.12. The number of carbonyl (C=O) groups excluding carboxylic acids is 1. The molecular weight excluding hydrogens is 454 g/mol. The third-order valence-corrected chi connectivity index (χ3v) is 7.03. The van der Waals surface area contributed by atoms with Gasteiger partial charge in [0.2, 0.25) is 0 Å². The maximum absolute atomic E-state index is 13.2. The van der Waals surface area contributed by atoms with Gasteiger partial charge in [-0.1, -0.05) is 24.3 Å². The van der Waals surface area contributed by atoms with Gasteiger partial charge in [0, 0.05) is 43.7 Å². The number of morpholine rings is 1. The van der Waals surface area contributed by atoms with E-state index in [-0.39, 0.29) is 6.03 Å². The van der Waals surface area contributed by atoms with Gasteiger partial charge in [0.05, 0.1) is 32.6 Å². The van der Waals surface area contributed by atoms with Crippen LogP contribution in [-0.2, 0) is 24.1 Å². The van der Waals surface area contributed by atoms with Crippen LogP contribution in [0.2, 0.25) is 0 Å². The van der Waals surface area contributed by atoms with Crippen molar-refractivity contribution in [1.82, 2.24) is 14.9 Å². The molecule has 0 atom stereocenters. The van der Waals surface area contributed by atoms with E-state index in [4.69, 9.17) is 19.4 Å². The second kappa shape index (κ2) is 10.5. The Kier molecular flexibility index (Phi) is 7.04. The summed E-state index contributed by atoms with van der Waals surface area (Å²) in [4.78, 5) is 27.3.